The molecule has 0 aliphatic heterocycles. The van der Waals surface area contributed by atoms with Gasteiger partial charge in [-0.25, -0.2) is 18.4 Å². The number of amidine groups is 1. The molecule has 0 bridgehead atoms. The number of nitrogens with two attached hydrogens (primary N) is 1. The highest BCUT2D eigenvalue weighted by Crippen LogP contribution is 2.27. The molecule has 0 saturated heterocycles. The van der Waals surface area contributed by atoms with E-state index >= 15 is 0 Å². The van der Waals surface area contributed by atoms with E-state index in [1.165, 1.54) is 6.07 Å². The van der Waals surface area contributed by atoms with Crippen molar-refractivity contribution in [2.24, 2.45) is 5.14 Å². The van der Waals surface area contributed by atoms with Gasteiger partial charge in [0, 0.05) is 24.2 Å². The van der Waals surface area contributed by atoms with Crippen LogP contribution in [0.4, 0.5) is 4.79 Å². The van der Waals surface area contributed by atoms with E-state index in [2.05, 4.69) is 5.32 Å². The summed E-state index contributed by atoms with van der Waals surface area (Å²) in [7, 11) is -3.91. The van der Waals surface area contributed by atoms with Gasteiger partial charge in [0.25, 0.3) is 0 Å². The minimum absolute atomic E-state index is 0.0365. The van der Waals surface area contributed by atoms with Gasteiger partial charge in [-0.3, -0.25) is 20.4 Å². The van der Waals surface area contributed by atoms with Crippen molar-refractivity contribution in [1.29, 1.82) is 5.41 Å². The number of nitrogens with zero attached hydrogens (tertiary/aromatic N) is 2. The zero-order valence-corrected chi connectivity index (χ0v) is 27.7. The first-order valence-electron chi connectivity index (χ1n) is 15.4. The number of amides is 2. The number of nitrogens with one attached hydrogen (secondary N) is 2. The summed E-state index contributed by atoms with van der Waals surface area (Å²) in [6.07, 6.45) is -1.02. The van der Waals surface area contributed by atoms with Gasteiger partial charge in [-0.05, 0) is 54.4 Å². The fraction of sp³-hybridized carbons (Fsp3) is 0.250. The third kappa shape index (κ3) is 9.82. The minimum atomic E-state index is -3.91. The van der Waals surface area contributed by atoms with Crippen LogP contribution < -0.4 is 10.5 Å². The maximum atomic E-state index is 13.7. The molecule has 1 unspecified atom stereocenters. The van der Waals surface area contributed by atoms with E-state index in [4.69, 9.17) is 15.3 Å². The van der Waals surface area contributed by atoms with Crippen LogP contribution in [-0.2, 0) is 39.1 Å². The van der Waals surface area contributed by atoms with Crippen LogP contribution in [0.3, 0.4) is 0 Å². The van der Waals surface area contributed by atoms with Crippen LogP contribution in [0.5, 0.6) is 0 Å². The number of primary sulfonamides is 1. The van der Waals surface area contributed by atoms with Gasteiger partial charge in [-0.1, -0.05) is 105 Å². The van der Waals surface area contributed by atoms with Gasteiger partial charge in [0.1, 0.15) is 5.84 Å². The van der Waals surface area contributed by atoms with Crippen molar-refractivity contribution < 1.29 is 22.7 Å². The number of ether oxygens (including phenoxy) is 1. The quantitative estimate of drug-likeness (QED) is 0.0984. The summed E-state index contributed by atoms with van der Waals surface area (Å²) >= 11 is 0. The lowest BCUT2D eigenvalue weighted by Gasteiger charge is -2.26. The van der Waals surface area contributed by atoms with Crippen molar-refractivity contribution in [2.75, 3.05) is 13.1 Å². The smallest absolute Gasteiger partial charge is 0.414 e. The average molecular weight is 656 g/mol. The van der Waals surface area contributed by atoms with Crippen molar-refractivity contribution in [3.05, 3.63) is 125 Å². The predicted octanol–water partition coefficient (Wildman–Crippen LogP) is 5.51. The summed E-state index contributed by atoms with van der Waals surface area (Å²) in [5.41, 5.74) is 4.17. The molecule has 4 aromatic carbocycles. The van der Waals surface area contributed by atoms with E-state index in [-0.39, 0.29) is 29.6 Å². The summed E-state index contributed by atoms with van der Waals surface area (Å²) in [5.74, 6) is -0.215. The van der Waals surface area contributed by atoms with Crippen molar-refractivity contribution in [2.45, 2.75) is 51.4 Å². The highest BCUT2D eigenvalue weighted by Gasteiger charge is 2.19. The Labute approximate surface area is 276 Å². The van der Waals surface area contributed by atoms with Gasteiger partial charge in [0.15, 0.2) is 6.23 Å². The molecule has 2 amide bonds. The third-order valence-electron chi connectivity index (χ3n) is 7.80. The van der Waals surface area contributed by atoms with Crippen LogP contribution in [0.1, 0.15) is 43.0 Å². The zero-order chi connectivity index (χ0) is 34.0. The monoisotopic (exact) mass is 655 g/mol. The molecular weight excluding hydrogens is 614 g/mol. The van der Waals surface area contributed by atoms with Crippen LogP contribution in [0.15, 0.2) is 108 Å². The molecule has 4 N–H and O–H groups in total. The topological polar surface area (TPSA) is 146 Å². The second-order valence-electron chi connectivity index (χ2n) is 11.1. The zero-order valence-electron chi connectivity index (χ0n) is 26.8. The van der Waals surface area contributed by atoms with Gasteiger partial charge in [-0.15, -0.1) is 0 Å². The lowest BCUT2D eigenvalue weighted by Crippen LogP contribution is -2.40. The number of benzene rings is 4. The fourth-order valence-electron chi connectivity index (χ4n) is 5.29. The third-order valence-corrected chi connectivity index (χ3v) is 8.77. The summed E-state index contributed by atoms with van der Waals surface area (Å²) in [5, 5.41) is 16.4. The van der Waals surface area contributed by atoms with Crippen molar-refractivity contribution in [3.63, 3.8) is 0 Å². The molecule has 10 nitrogen and oxygen atoms in total. The SMILES string of the molecule is CCN(CC)C(C)OC(=O)NC(=N)c1cccc(CN(Cc2ccccc2)C(=O)Cc2ccc(-c3ccccc3S(N)(=O)=O)cc2)c1. The summed E-state index contributed by atoms with van der Waals surface area (Å²) in [4.78, 5) is 30.0. The summed E-state index contributed by atoms with van der Waals surface area (Å²) < 4.78 is 29.6. The number of alkyl carbamates (subject to hydrolysis) is 1. The minimum Gasteiger partial charge on any atom is -0.430 e. The Balaban J connectivity index is 1.49. The van der Waals surface area contributed by atoms with Crippen molar-refractivity contribution in [3.8, 4) is 11.1 Å². The van der Waals surface area contributed by atoms with E-state index < -0.39 is 22.3 Å². The molecular formula is C36H41N5O5S. The van der Waals surface area contributed by atoms with Gasteiger partial charge < -0.3 is 9.64 Å². The van der Waals surface area contributed by atoms with Crippen molar-refractivity contribution in [1.82, 2.24) is 15.1 Å². The Bertz CT molecular complexity index is 1790. The Morgan fingerprint density at radius 3 is 2.11 bits per heavy atom. The Morgan fingerprint density at radius 1 is 0.830 bits per heavy atom. The van der Waals surface area contributed by atoms with Gasteiger partial charge >= 0.3 is 6.09 Å². The molecule has 4 aromatic rings. The summed E-state index contributed by atoms with van der Waals surface area (Å²) in [6, 6.07) is 30.5. The number of sulfonamides is 1. The lowest BCUT2D eigenvalue weighted by atomic mass is 10.0. The lowest BCUT2D eigenvalue weighted by molar-refractivity contribution is -0.131. The summed E-state index contributed by atoms with van der Waals surface area (Å²) in [6.45, 7) is 7.85. The van der Waals surface area contributed by atoms with Crippen LogP contribution in [-0.4, -0.2) is 55.4 Å². The highest BCUT2D eigenvalue weighted by molar-refractivity contribution is 7.89. The maximum absolute atomic E-state index is 13.7. The Hall–Kier alpha value is -4.84. The molecule has 246 valence electrons. The van der Waals surface area contributed by atoms with E-state index in [9.17, 15) is 18.0 Å². The van der Waals surface area contributed by atoms with E-state index in [0.717, 1.165) is 29.8 Å². The largest absolute Gasteiger partial charge is 0.430 e. The number of carbonyl (C=O) groups is 2. The Morgan fingerprint density at radius 2 is 1.45 bits per heavy atom. The average Bonchev–Trinajstić information content (AvgIpc) is 3.05. The number of hydrogen-bond acceptors (Lipinski definition) is 7. The first-order valence-corrected chi connectivity index (χ1v) is 17.0. The molecule has 0 aliphatic rings. The van der Waals surface area contributed by atoms with E-state index in [1.807, 2.05) is 67.3 Å². The Kier molecular flexibility index (Phi) is 12.0. The maximum Gasteiger partial charge on any atom is 0.414 e. The van der Waals surface area contributed by atoms with Crippen LogP contribution in [0.2, 0.25) is 0 Å². The van der Waals surface area contributed by atoms with Gasteiger partial charge in [0.2, 0.25) is 15.9 Å². The van der Waals surface area contributed by atoms with Gasteiger partial charge in [-0.2, -0.15) is 0 Å². The molecule has 0 fully saturated rings. The number of rotatable bonds is 13. The standard InChI is InChI=1S/C36H41N5O5S/c1-4-40(5-2)26(3)46-36(43)39-35(37)31-15-11-14-29(22-31)25-41(24-28-12-7-6-8-13-28)34(42)23-27-18-20-30(21-19-27)32-16-9-10-17-33(32)47(38,44)45/h6-22,26H,4-5,23-25H2,1-3H3,(H2,37,39,43)(H2,38,44,45). The first kappa shape index (κ1) is 35.0. The first-order chi connectivity index (χ1) is 22.5. The highest BCUT2D eigenvalue weighted by atomic mass is 32.2. The molecule has 0 heterocycles. The molecule has 0 aromatic heterocycles. The molecule has 0 spiro atoms. The van der Waals surface area contributed by atoms with Crippen LogP contribution in [0, 0.1) is 5.41 Å². The fourth-order valence-corrected chi connectivity index (χ4v) is 6.06. The van der Waals surface area contributed by atoms with Gasteiger partial charge in [0.05, 0.1) is 11.3 Å². The predicted molar refractivity (Wildman–Crippen MR) is 183 cm³/mol. The number of hydrogen-bond donors (Lipinski definition) is 3. The molecule has 0 saturated carbocycles. The molecule has 1 atom stereocenters. The molecule has 11 heteroatoms. The van der Waals surface area contributed by atoms with Crippen molar-refractivity contribution >= 4 is 27.9 Å². The van der Waals surface area contributed by atoms with Crippen LogP contribution >= 0.6 is 0 Å². The molecule has 0 radical (unpaired) electrons. The second-order valence-corrected chi connectivity index (χ2v) is 12.6. The van der Waals surface area contributed by atoms with Crippen LogP contribution in [0.25, 0.3) is 11.1 Å². The van der Waals surface area contributed by atoms with E-state index in [0.29, 0.717) is 23.2 Å². The van der Waals surface area contributed by atoms with E-state index in [1.54, 1.807) is 60.4 Å². The molecule has 4 rings (SSSR count). The molecule has 47 heavy (non-hydrogen) atoms. The second kappa shape index (κ2) is 16.1. The number of carbonyl (C=O) groups excluding carboxylic acids is 2. The molecule has 0 aliphatic carbocycles. The normalized spacial score (nSPS) is 11.9.